The van der Waals surface area contributed by atoms with E-state index in [1.807, 2.05) is 111 Å². The van der Waals surface area contributed by atoms with Crippen molar-refractivity contribution in [3.05, 3.63) is 188 Å². The number of aromatic carboxylic acids is 2. The van der Waals surface area contributed by atoms with Crippen LogP contribution in [0.4, 0.5) is 26.3 Å². The zero-order chi connectivity index (χ0) is 86.3. The molecule has 0 unspecified atom stereocenters. The second-order valence-corrected chi connectivity index (χ2v) is 33.2. The monoisotopic (exact) mass is 1840 g/mol. The van der Waals surface area contributed by atoms with Crippen molar-refractivity contribution in [1.29, 1.82) is 0 Å². The van der Waals surface area contributed by atoms with Gasteiger partial charge in [0.25, 0.3) is 0 Å². The normalized spacial score (nSPS) is 17.6. The number of halogens is 10. The Morgan fingerprint density at radius 1 is 0.407 bits per heavy atom. The molecule has 6 aromatic rings. The van der Waals surface area contributed by atoms with E-state index in [9.17, 15) is 60.1 Å². The smallest absolute Gasteiger partial charge is 0.478 e. The second-order valence-electron chi connectivity index (χ2n) is 30.2. The first-order valence-electron chi connectivity index (χ1n) is 34.7. The Balaban J connectivity index is 0.000000238. The molecule has 0 amide bonds. The number of hydrogen-bond donors (Lipinski definition) is 3. The second kappa shape index (κ2) is 38.3. The van der Waals surface area contributed by atoms with Crippen molar-refractivity contribution < 1.29 is 131 Å². The predicted molar refractivity (Wildman–Crippen MR) is 428 cm³/mol. The lowest BCUT2D eigenvalue weighted by Crippen LogP contribution is -2.41. The van der Waals surface area contributed by atoms with E-state index in [1.54, 1.807) is 39.8 Å². The lowest BCUT2D eigenvalue weighted by atomic mass is 9.49. The maximum atomic E-state index is 14.3. The van der Waals surface area contributed by atoms with E-state index in [0.29, 0.717) is 57.5 Å². The van der Waals surface area contributed by atoms with E-state index in [0.717, 1.165) is 36.4 Å². The van der Waals surface area contributed by atoms with Gasteiger partial charge in [-0.05, 0) is 276 Å². The largest absolute Gasteiger partial charge is 0.495 e. The average molecular weight is 1840 g/mol. The molecular formula is C76H91B5Br4F6O22. The lowest BCUT2D eigenvalue weighted by molar-refractivity contribution is 0.00578. The van der Waals surface area contributed by atoms with Crippen LogP contribution in [0.25, 0.3) is 0 Å². The van der Waals surface area contributed by atoms with Crippen LogP contribution >= 0.6 is 63.7 Å². The molecule has 3 N–H and O–H groups in total. The van der Waals surface area contributed by atoms with Gasteiger partial charge in [0, 0.05) is 29.9 Å². The number of carboxylic acid groups (broad SMARTS) is 2. The number of ether oxygens (including phenoxy) is 4. The standard InChI is InChI=1S/C15H19BBrFO4.C15H20BFO4.C12H24B2O4.C9H7Br2FO2.C9H8BrFO2.C8H6BFO4.C8H7FO2/c1-14(2)15(3,4)22-16(21-14)11-6-9(13(19)20-5)7-12(18)10(11)8-17;1-9-11(7-10(8-12(9)17)13(18)19-6)16-20-14(2,3)15(4,5)21-16;1-9(2)10(3,4)16-13(15-9)14-17-11(5,6)12(7,8)18-14;1-4-6(12)3-5(9(13)14-2)8(11)7(4)10;1-5-7(10)3-6(4-8(5)11)9(12)13-2;10-7-2-4(8(11)12)1-6-5(7)3-14-9(6)13;1-5-2-3-6(8(10)11)4-7(5)9/h6-7H,8H2,1-5H3;7-8H,1-6H3;1-8H3;3H,1-2H3;3-4H,1-2H3;1-2,13H,3H2,(H,11,12);2-4H,1H3,(H,10,11). The van der Waals surface area contributed by atoms with Crippen LogP contribution in [0, 0.1) is 62.6 Å². The maximum absolute atomic E-state index is 14.3. The summed E-state index contributed by atoms with van der Waals surface area (Å²) < 4.78 is 153. The molecule has 6 aromatic carbocycles. The number of carboxylic acids is 2. The van der Waals surface area contributed by atoms with Gasteiger partial charge in [0.05, 0.1) is 113 Å². The van der Waals surface area contributed by atoms with Gasteiger partial charge in [-0.3, -0.25) is 0 Å². The highest BCUT2D eigenvalue weighted by molar-refractivity contribution is 9.13. The molecule has 612 valence electrons. The van der Waals surface area contributed by atoms with Crippen molar-refractivity contribution in [2.45, 2.75) is 195 Å². The fraction of sp³-hybridized carbons (Fsp3) is 0.447. The van der Waals surface area contributed by atoms with E-state index < -0.39 is 128 Å². The number of alkyl halides is 1. The Kier molecular flexibility index (Phi) is 32.9. The van der Waals surface area contributed by atoms with Crippen molar-refractivity contribution in [1.82, 2.24) is 0 Å². The van der Waals surface area contributed by atoms with E-state index >= 15 is 0 Å². The first-order chi connectivity index (χ1) is 51.8. The number of fused-ring (bicyclic) bond motifs is 1. The highest BCUT2D eigenvalue weighted by atomic mass is 79.9. The number of esters is 4. The molecule has 4 fully saturated rings. The highest BCUT2D eigenvalue weighted by Crippen LogP contribution is 2.44. The van der Waals surface area contributed by atoms with Crippen molar-refractivity contribution in [2.75, 3.05) is 28.4 Å². The Hall–Kier alpha value is -6.44. The van der Waals surface area contributed by atoms with Gasteiger partial charge in [-0.2, -0.15) is 0 Å². The fourth-order valence-electron chi connectivity index (χ4n) is 10.3. The molecular weight excluding hydrogens is 1750 g/mol. The summed E-state index contributed by atoms with van der Waals surface area (Å²) >= 11 is 12.8. The molecule has 0 spiro atoms. The molecule has 0 radical (unpaired) electrons. The fourth-order valence-corrected chi connectivity index (χ4v) is 12.3. The van der Waals surface area contributed by atoms with E-state index in [-0.39, 0.29) is 73.4 Å². The minimum absolute atomic E-state index is 0.0203. The van der Waals surface area contributed by atoms with Gasteiger partial charge in [0.1, 0.15) is 34.9 Å². The van der Waals surface area contributed by atoms with Gasteiger partial charge >= 0.3 is 71.2 Å². The maximum Gasteiger partial charge on any atom is 0.495 e. The summed E-state index contributed by atoms with van der Waals surface area (Å²) in [5.74, 6) is -7.63. The third-order valence-corrected chi connectivity index (χ3v) is 24.1. The Bertz CT molecular complexity index is 4430. The Morgan fingerprint density at radius 2 is 0.752 bits per heavy atom. The average Bonchev–Trinajstić information content (AvgIpc) is 1.63. The van der Waals surface area contributed by atoms with Crippen molar-refractivity contribution in [3.63, 3.8) is 0 Å². The zero-order valence-electron chi connectivity index (χ0n) is 67.1. The summed E-state index contributed by atoms with van der Waals surface area (Å²) in [4.78, 5) is 66.4. The summed E-state index contributed by atoms with van der Waals surface area (Å²) in [6.45, 7) is 38.0. The van der Waals surface area contributed by atoms with Gasteiger partial charge in [-0.25, -0.2) is 55.1 Å². The first-order valence-corrected chi connectivity index (χ1v) is 38.2. The van der Waals surface area contributed by atoms with Gasteiger partial charge in [-0.15, -0.1) is 0 Å². The molecule has 0 bridgehead atoms. The minimum Gasteiger partial charge on any atom is -0.478 e. The molecule has 0 saturated carbocycles. The predicted octanol–water partition coefficient (Wildman–Crippen LogP) is 15.0. The van der Waals surface area contributed by atoms with Crippen LogP contribution in [0.15, 0.2) is 86.2 Å². The Morgan fingerprint density at radius 3 is 1.14 bits per heavy atom. The number of rotatable bonds is 10. The molecule has 0 aromatic heterocycles. The molecule has 5 aliphatic rings. The van der Waals surface area contributed by atoms with E-state index in [2.05, 4.69) is 82.7 Å². The third kappa shape index (κ3) is 23.1. The van der Waals surface area contributed by atoms with Gasteiger partial charge in [0.2, 0.25) is 0 Å². The minimum atomic E-state index is -1.23. The summed E-state index contributed by atoms with van der Waals surface area (Å²) in [5, 5.41) is 26.6. The number of carbonyl (C=O) groups is 6. The number of methoxy groups -OCH3 is 4. The van der Waals surface area contributed by atoms with Crippen LogP contribution < -0.4 is 16.4 Å². The highest BCUT2D eigenvalue weighted by Gasteiger charge is 2.64. The molecule has 0 aliphatic carbocycles. The van der Waals surface area contributed by atoms with Crippen molar-refractivity contribution in [3.8, 4) is 0 Å². The molecule has 0 atom stereocenters. The molecule has 5 heterocycles. The van der Waals surface area contributed by atoms with Crippen molar-refractivity contribution in [2.24, 2.45) is 0 Å². The van der Waals surface area contributed by atoms with Crippen LogP contribution in [-0.2, 0) is 72.8 Å². The molecule has 4 saturated heterocycles. The van der Waals surface area contributed by atoms with Crippen molar-refractivity contribution >= 4 is 151 Å². The van der Waals surface area contributed by atoms with E-state index in [4.69, 9.17) is 52.1 Å². The summed E-state index contributed by atoms with van der Waals surface area (Å²) in [7, 11) is 1.40. The van der Waals surface area contributed by atoms with Gasteiger partial charge in [-0.1, -0.05) is 37.9 Å². The zero-order valence-corrected chi connectivity index (χ0v) is 73.5. The van der Waals surface area contributed by atoms with Crippen LogP contribution in [-0.4, -0.2) is 160 Å². The lowest BCUT2D eigenvalue weighted by Gasteiger charge is -2.32. The van der Waals surface area contributed by atoms with Gasteiger partial charge < -0.3 is 76.1 Å². The number of aryl methyl sites for hydroxylation is 1. The quantitative estimate of drug-likeness (QED) is 0.0287. The molecule has 37 heteroatoms. The van der Waals surface area contributed by atoms with Gasteiger partial charge in [0.15, 0.2) is 0 Å². The molecule has 11 rings (SSSR count). The SMILES string of the molecule is CC1(C)OB(B2OC(C)(C)C(C)(C)O2)OC1(C)C.COC(=O)c1cc(F)c(C)c(B2OC(C)(C)C(C)(C)O2)c1.COC(=O)c1cc(F)c(C)c(Br)c1.COC(=O)c1cc(F)c(C)c(Br)c1Br.COC(=O)c1cc(F)c(CBr)c(B2OC(C)(C)C(C)(C)O2)c1.Cc1ccc(C(=O)O)cc1F.O=C(O)c1cc(F)c2c(c1)B(O)OC2. The number of carbonyl (C=O) groups excluding carboxylic acids is 4. The molecule has 22 nitrogen and oxygen atoms in total. The van der Waals surface area contributed by atoms with E-state index in [1.165, 1.54) is 52.7 Å². The number of benzene rings is 6. The molecule has 113 heavy (non-hydrogen) atoms. The topological polar surface area (TPSA) is 283 Å². The summed E-state index contributed by atoms with van der Waals surface area (Å²) in [6.07, 6.45) is 0. The third-order valence-electron chi connectivity index (χ3n) is 20.4. The van der Waals surface area contributed by atoms with Crippen LogP contribution in [0.5, 0.6) is 0 Å². The van der Waals surface area contributed by atoms with Crippen LogP contribution in [0.2, 0.25) is 0 Å². The summed E-state index contributed by atoms with van der Waals surface area (Å²) in [6, 6.07) is 15.3. The van der Waals surface area contributed by atoms with Crippen LogP contribution in [0.1, 0.15) is 206 Å². The Labute approximate surface area is 689 Å². The summed E-state index contributed by atoms with van der Waals surface area (Å²) in [5.41, 5.74) is 0.486. The van der Waals surface area contributed by atoms with Crippen LogP contribution in [0.3, 0.4) is 0 Å². The first kappa shape index (κ1) is 97.1. The molecule has 5 aliphatic heterocycles. The number of hydrogen-bond acceptors (Lipinski definition) is 20.